The van der Waals surface area contributed by atoms with Crippen molar-refractivity contribution in [3.8, 4) is 5.75 Å². The van der Waals surface area contributed by atoms with E-state index in [4.69, 9.17) is 27.3 Å². The summed E-state index contributed by atoms with van der Waals surface area (Å²) in [6.45, 7) is -5.51. The van der Waals surface area contributed by atoms with E-state index < -0.39 is 72.2 Å². The molecule has 5 rings (SSSR count). The molecule has 2 N–H and O–H groups in total. The van der Waals surface area contributed by atoms with Gasteiger partial charge in [0.25, 0.3) is 15.9 Å². The van der Waals surface area contributed by atoms with Gasteiger partial charge in [0.2, 0.25) is 0 Å². The molecule has 214 valence electrons. The largest absolute Gasteiger partial charge is 0.496 e. The number of amides is 2. The zero-order valence-corrected chi connectivity index (χ0v) is 22.2. The second kappa shape index (κ2) is 11.7. The molecule has 3 aromatic carbocycles. The molecular formula is C31H33N3O6S. The average Bonchev–Trinajstić information content (AvgIpc) is 3.47. The summed E-state index contributed by atoms with van der Waals surface area (Å²) in [6, 6.07) is 12.3. The summed E-state index contributed by atoms with van der Waals surface area (Å²) in [6.07, 6.45) is -6.08. The zero-order valence-electron chi connectivity index (χ0n) is 34.4. The van der Waals surface area contributed by atoms with Gasteiger partial charge in [-0.15, -0.1) is 0 Å². The molecule has 1 fully saturated rings. The number of rotatable bonds is 8. The van der Waals surface area contributed by atoms with Crippen molar-refractivity contribution in [1.82, 2.24) is 9.29 Å². The first-order valence-electron chi connectivity index (χ1n) is 18.8. The summed E-state index contributed by atoms with van der Waals surface area (Å²) in [7, 11) is -7.79. The lowest BCUT2D eigenvalue weighted by molar-refractivity contribution is 0.0980. The quantitative estimate of drug-likeness (QED) is 0.273. The van der Waals surface area contributed by atoms with Crippen LogP contribution < -0.4 is 14.8 Å². The Balaban J connectivity index is 1.46. The molecule has 0 unspecified atom stereocenters. The van der Waals surface area contributed by atoms with Crippen LogP contribution in [0.1, 0.15) is 70.5 Å². The summed E-state index contributed by atoms with van der Waals surface area (Å²) in [5.74, 6) is -1.62. The van der Waals surface area contributed by atoms with Crippen molar-refractivity contribution in [2.24, 2.45) is 6.98 Å². The minimum Gasteiger partial charge on any atom is -0.496 e. The highest BCUT2D eigenvalue weighted by atomic mass is 32.2. The molecule has 0 bridgehead atoms. The molecule has 0 aliphatic heterocycles. The Labute approximate surface area is 257 Å². The SMILES string of the molecule is [2H]C([2H])([2H])Oc1cc(C(=O)NS(=O)(=O)c2ccccc2C([2H])([2H])[2H])ccc1Cc1cn(C([2H])([2H])[2H])c2ccc(NC(=O)OC3CC([2H])([2H])C([2H])([2H])C3)cc12. The summed E-state index contributed by atoms with van der Waals surface area (Å²) in [4.78, 5) is 25.3. The van der Waals surface area contributed by atoms with Crippen molar-refractivity contribution in [2.45, 2.75) is 49.9 Å². The lowest BCUT2D eigenvalue weighted by Crippen LogP contribution is -2.31. The van der Waals surface area contributed by atoms with Gasteiger partial charge in [0.15, 0.2) is 0 Å². The van der Waals surface area contributed by atoms with Crippen molar-refractivity contribution in [3.63, 3.8) is 0 Å². The number of anilines is 1. The number of hydrogen-bond acceptors (Lipinski definition) is 6. The maximum absolute atomic E-state index is 13.2. The lowest BCUT2D eigenvalue weighted by Gasteiger charge is -2.13. The van der Waals surface area contributed by atoms with E-state index in [0.29, 0.717) is 5.56 Å². The molecule has 10 heteroatoms. The topological polar surface area (TPSA) is 116 Å². The van der Waals surface area contributed by atoms with Gasteiger partial charge in [-0.1, -0.05) is 24.3 Å². The van der Waals surface area contributed by atoms with Crippen molar-refractivity contribution in [1.29, 1.82) is 0 Å². The number of aromatic nitrogens is 1. The first kappa shape index (κ1) is 16.2. The highest BCUT2D eigenvalue weighted by Crippen LogP contribution is 2.30. The first-order chi connectivity index (χ1) is 24.7. The number of aryl methyl sites for hydroxylation is 2. The van der Waals surface area contributed by atoms with E-state index in [2.05, 4.69) is 5.32 Å². The minimum absolute atomic E-state index is 0.130. The van der Waals surface area contributed by atoms with Gasteiger partial charge < -0.3 is 14.0 Å². The Morgan fingerprint density at radius 2 is 1.90 bits per heavy atom. The van der Waals surface area contributed by atoms with Gasteiger partial charge in [0.1, 0.15) is 11.9 Å². The summed E-state index contributed by atoms with van der Waals surface area (Å²) >= 11 is 0. The number of sulfonamides is 1. The van der Waals surface area contributed by atoms with Gasteiger partial charge in [0, 0.05) is 55.5 Å². The normalized spacial score (nSPS) is 21.8. The van der Waals surface area contributed by atoms with Crippen molar-refractivity contribution in [2.75, 3.05) is 12.4 Å². The molecule has 41 heavy (non-hydrogen) atoms. The zero-order chi connectivity index (χ0) is 40.2. The van der Waals surface area contributed by atoms with Crippen molar-refractivity contribution >= 4 is 38.6 Å². The third-order valence-electron chi connectivity index (χ3n) is 6.42. The standard InChI is InChI=1S/C31H33N3O6S/c1-20-8-4-7-11-29(20)41(37,38)33-30(35)22-13-12-21(28(17-22)39-3)16-23-19-34(2)27-15-14-24(18-26(23)27)32-31(36)40-25-9-5-6-10-25/h4,7-8,11-15,17-19,25H,5-6,9-10,16H2,1-3H3,(H,32,36)(H,33,35)/i1D3,2D3,3D3,5D2,6D2. The number of nitrogens with one attached hydrogen (secondary N) is 2. The highest BCUT2D eigenvalue weighted by Gasteiger charge is 2.22. The second-order valence-corrected chi connectivity index (χ2v) is 10.9. The molecule has 0 spiro atoms. The van der Waals surface area contributed by atoms with Crippen LogP contribution in [0.3, 0.4) is 0 Å². The van der Waals surface area contributed by atoms with E-state index in [0.717, 1.165) is 22.8 Å². The van der Waals surface area contributed by atoms with Crippen LogP contribution in [0.25, 0.3) is 10.9 Å². The fraction of sp³-hybridized carbons (Fsp3) is 0.290. The summed E-state index contributed by atoms with van der Waals surface area (Å²) < 4.78 is 141. The molecule has 2 amide bonds. The van der Waals surface area contributed by atoms with Crippen molar-refractivity contribution < 1.29 is 45.3 Å². The molecule has 1 aliphatic carbocycles. The number of ether oxygens (including phenoxy) is 2. The fourth-order valence-corrected chi connectivity index (χ4v) is 5.51. The van der Waals surface area contributed by atoms with Crippen LogP contribution in [0, 0.1) is 6.85 Å². The third-order valence-corrected chi connectivity index (χ3v) is 7.80. The number of hydrogen-bond donors (Lipinski definition) is 2. The van der Waals surface area contributed by atoms with E-state index in [-0.39, 0.29) is 52.7 Å². The van der Waals surface area contributed by atoms with E-state index in [1.165, 1.54) is 48.7 Å². The van der Waals surface area contributed by atoms with Gasteiger partial charge in [-0.3, -0.25) is 10.1 Å². The molecule has 0 radical (unpaired) electrons. The second-order valence-electron chi connectivity index (χ2n) is 9.20. The molecule has 0 saturated heterocycles. The Hall–Kier alpha value is -4.31. The van der Waals surface area contributed by atoms with Crippen LogP contribution in [0.15, 0.2) is 71.8 Å². The number of methoxy groups -OCH3 is 1. The van der Waals surface area contributed by atoms with E-state index in [1.54, 1.807) is 4.72 Å². The van der Waals surface area contributed by atoms with E-state index >= 15 is 0 Å². The maximum Gasteiger partial charge on any atom is 0.411 e. The monoisotopic (exact) mass is 588 g/mol. The molecule has 0 atom stereocenters. The van der Waals surface area contributed by atoms with Gasteiger partial charge in [-0.25, -0.2) is 17.9 Å². The smallest absolute Gasteiger partial charge is 0.411 e. The van der Waals surface area contributed by atoms with Crippen LogP contribution >= 0.6 is 0 Å². The summed E-state index contributed by atoms with van der Waals surface area (Å²) in [5.41, 5.74) is -0.143. The summed E-state index contributed by atoms with van der Waals surface area (Å²) in [5, 5.41) is 2.77. The van der Waals surface area contributed by atoms with Gasteiger partial charge in [-0.2, -0.15) is 0 Å². The van der Waals surface area contributed by atoms with E-state index in [9.17, 15) is 18.0 Å². The van der Waals surface area contributed by atoms with Crippen LogP contribution in [0.2, 0.25) is 0 Å². The molecule has 9 nitrogen and oxygen atoms in total. The number of carbonyl (C=O) groups excluding carboxylic acids is 2. The lowest BCUT2D eigenvalue weighted by atomic mass is 10.0. The average molecular weight is 589 g/mol. The Kier molecular flexibility index (Phi) is 4.61. The van der Waals surface area contributed by atoms with Crippen LogP contribution in [0.4, 0.5) is 10.5 Å². The maximum atomic E-state index is 13.2. The Bertz CT molecular complexity index is 2200. The highest BCUT2D eigenvalue weighted by molar-refractivity contribution is 7.90. The fourth-order valence-electron chi connectivity index (χ4n) is 4.42. The van der Waals surface area contributed by atoms with Gasteiger partial charge in [-0.05, 0) is 85.5 Å². The molecule has 1 aliphatic rings. The molecule has 4 aromatic rings. The first-order valence-corrected chi connectivity index (χ1v) is 13.8. The number of fused-ring (bicyclic) bond motifs is 1. The van der Waals surface area contributed by atoms with Crippen LogP contribution in [-0.4, -0.2) is 38.1 Å². The number of nitrogens with zero attached hydrogens (tertiary/aromatic N) is 1. The minimum atomic E-state index is -4.73. The van der Waals surface area contributed by atoms with Gasteiger partial charge >= 0.3 is 6.09 Å². The Morgan fingerprint density at radius 1 is 1.07 bits per heavy atom. The van der Waals surface area contributed by atoms with Crippen molar-refractivity contribution in [3.05, 3.63) is 89.1 Å². The predicted molar refractivity (Wildman–Crippen MR) is 157 cm³/mol. The Morgan fingerprint density at radius 3 is 2.68 bits per heavy atom. The van der Waals surface area contributed by atoms with Gasteiger partial charge in [0.05, 0.1) is 16.0 Å². The predicted octanol–water partition coefficient (Wildman–Crippen LogP) is 5.70. The number of carbonyl (C=O) groups is 2. The van der Waals surface area contributed by atoms with Crippen LogP contribution in [0.5, 0.6) is 5.75 Å². The molecule has 1 heterocycles. The van der Waals surface area contributed by atoms with Crippen LogP contribution in [-0.2, 0) is 28.2 Å². The van der Waals surface area contributed by atoms with E-state index in [1.807, 2.05) is 0 Å². The number of benzene rings is 3. The molecule has 1 aromatic heterocycles. The third kappa shape index (κ3) is 6.22. The molecule has 1 saturated carbocycles. The molecular weight excluding hydrogens is 542 g/mol.